The van der Waals surface area contributed by atoms with Crippen LogP contribution in [-0.2, 0) is 13.0 Å². The van der Waals surface area contributed by atoms with Gasteiger partial charge in [-0.3, -0.25) is 0 Å². The van der Waals surface area contributed by atoms with Gasteiger partial charge in [0.2, 0.25) is 0 Å². The minimum atomic E-state index is 0.0372. The summed E-state index contributed by atoms with van der Waals surface area (Å²) in [7, 11) is 0. The van der Waals surface area contributed by atoms with Crippen LogP contribution in [0.3, 0.4) is 0 Å². The molecule has 30 heavy (non-hydrogen) atoms. The number of nitrogens with zero attached hydrogens (tertiary/aromatic N) is 2. The highest BCUT2D eigenvalue weighted by Gasteiger charge is 2.27. The molecule has 2 aromatic heterocycles. The highest BCUT2D eigenvalue weighted by atomic mass is 16.2. The number of rotatable bonds is 3. The van der Waals surface area contributed by atoms with Crippen molar-refractivity contribution in [1.29, 1.82) is 0 Å². The van der Waals surface area contributed by atoms with Crippen LogP contribution in [-0.4, -0.2) is 40.5 Å². The van der Waals surface area contributed by atoms with Crippen molar-refractivity contribution in [2.75, 3.05) is 19.6 Å². The van der Waals surface area contributed by atoms with E-state index in [2.05, 4.69) is 45.7 Å². The van der Waals surface area contributed by atoms with Crippen molar-refractivity contribution in [3.05, 3.63) is 52.8 Å². The first kappa shape index (κ1) is 19.1. The summed E-state index contributed by atoms with van der Waals surface area (Å²) in [6, 6.07) is 7.28. The molecule has 0 spiro atoms. The van der Waals surface area contributed by atoms with E-state index in [0.29, 0.717) is 19.1 Å². The average molecular weight is 404 g/mol. The number of benzene rings is 1. The van der Waals surface area contributed by atoms with Gasteiger partial charge in [0.05, 0.1) is 0 Å². The molecule has 0 saturated carbocycles. The molecule has 6 nitrogen and oxygen atoms in total. The number of carbonyl (C=O) groups is 1. The molecule has 1 atom stereocenters. The number of H-pyrrole nitrogens is 1. The molecule has 6 heteroatoms. The summed E-state index contributed by atoms with van der Waals surface area (Å²) < 4.78 is 0. The number of fused-ring (bicyclic) bond motifs is 2. The maximum absolute atomic E-state index is 12.4. The fourth-order valence-corrected chi connectivity index (χ4v) is 4.85. The quantitative estimate of drug-likeness (QED) is 0.618. The van der Waals surface area contributed by atoms with Crippen molar-refractivity contribution >= 4 is 17.1 Å². The zero-order valence-electron chi connectivity index (χ0n) is 17.7. The van der Waals surface area contributed by atoms with Crippen molar-refractivity contribution in [3.63, 3.8) is 0 Å². The van der Waals surface area contributed by atoms with E-state index in [0.717, 1.165) is 37.1 Å². The van der Waals surface area contributed by atoms with Crippen molar-refractivity contribution in [1.82, 2.24) is 25.5 Å². The minimum absolute atomic E-state index is 0.0372. The Hall–Kier alpha value is -2.86. The van der Waals surface area contributed by atoms with Gasteiger partial charge in [0, 0.05) is 49.0 Å². The van der Waals surface area contributed by atoms with Gasteiger partial charge in [-0.15, -0.1) is 0 Å². The van der Waals surface area contributed by atoms with Gasteiger partial charge in [-0.2, -0.15) is 0 Å². The van der Waals surface area contributed by atoms with Crippen LogP contribution in [0.25, 0.3) is 22.2 Å². The molecule has 1 aromatic carbocycles. The second-order valence-electron chi connectivity index (χ2n) is 8.45. The Balaban J connectivity index is 1.58. The Morgan fingerprint density at radius 3 is 3.00 bits per heavy atom. The van der Waals surface area contributed by atoms with Crippen LogP contribution >= 0.6 is 0 Å². The zero-order chi connectivity index (χ0) is 20.7. The van der Waals surface area contributed by atoms with Gasteiger partial charge in [0.15, 0.2) is 0 Å². The molecule has 1 fully saturated rings. The topological polar surface area (TPSA) is 73.0 Å². The van der Waals surface area contributed by atoms with Gasteiger partial charge in [-0.1, -0.05) is 6.07 Å². The number of hydrogen-bond donors (Lipinski definition) is 3. The lowest BCUT2D eigenvalue weighted by atomic mass is 9.87. The van der Waals surface area contributed by atoms with E-state index in [-0.39, 0.29) is 6.03 Å². The molecule has 0 unspecified atom stereocenters. The molecule has 0 aliphatic carbocycles. The Labute approximate surface area is 177 Å². The Morgan fingerprint density at radius 1 is 1.30 bits per heavy atom. The number of carbonyl (C=O) groups excluding carboxylic acids is 1. The van der Waals surface area contributed by atoms with Crippen molar-refractivity contribution < 1.29 is 4.79 Å². The number of urea groups is 1. The van der Waals surface area contributed by atoms with E-state index in [1.807, 2.05) is 24.2 Å². The first-order valence-electron chi connectivity index (χ1n) is 11.0. The number of aryl methyl sites for hydroxylation is 1. The Morgan fingerprint density at radius 2 is 2.20 bits per heavy atom. The van der Waals surface area contributed by atoms with E-state index in [1.165, 1.54) is 39.6 Å². The van der Waals surface area contributed by atoms with Crippen LogP contribution in [0.4, 0.5) is 4.79 Å². The highest BCUT2D eigenvalue weighted by molar-refractivity contribution is 5.84. The van der Waals surface area contributed by atoms with E-state index in [1.54, 1.807) is 0 Å². The zero-order valence-corrected chi connectivity index (χ0v) is 17.7. The minimum Gasteiger partial charge on any atom is -0.346 e. The predicted molar refractivity (Wildman–Crippen MR) is 119 cm³/mol. The first-order chi connectivity index (χ1) is 14.6. The van der Waals surface area contributed by atoms with Crippen LogP contribution in [0.15, 0.2) is 30.6 Å². The maximum Gasteiger partial charge on any atom is 0.317 e. The third-order valence-corrected chi connectivity index (χ3v) is 6.50. The Kier molecular flexibility index (Phi) is 4.95. The lowest BCUT2D eigenvalue weighted by Crippen LogP contribution is -2.43. The van der Waals surface area contributed by atoms with Crippen LogP contribution in [0.1, 0.15) is 48.1 Å². The lowest BCUT2D eigenvalue weighted by molar-refractivity contribution is 0.192. The fourth-order valence-electron chi connectivity index (χ4n) is 4.85. The second-order valence-corrected chi connectivity index (χ2v) is 8.45. The third-order valence-electron chi connectivity index (χ3n) is 6.50. The molecule has 5 rings (SSSR count). The highest BCUT2D eigenvalue weighted by Crippen LogP contribution is 2.36. The van der Waals surface area contributed by atoms with Crippen molar-refractivity contribution in [3.8, 4) is 11.1 Å². The molecule has 3 aromatic rings. The summed E-state index contributed by atoms with van der Waals surface area (Å²) in [5.41, 5.74) is 8.55. The third kappa shape index (κ3) is 3.35. The summed E-state index contributed by atoms with van der Waals surface area (Å²) >= 11 is 0. The van der Waals surface area contributed by atoms with Crippen molar-refractivity contribution in [2.45, 2.75) is 45.7 Å². The molecule has 3 N–H and O–H groups in total. The summed E-state index contributed by atoms with van der Waals surface area (Å²) in [4.78, 5) is 22.3. The van der Waals surface area contributed by atoms with E-state index < -0.39 is 0 Å². The second kappa shape index (κ2) is 7.76. The lowest BCUT2D eigenvalue weighted by Gasteiger charge is -2.32. The standard InChI is InChI=1S/C24H29N5O/c1-3-25-24(30)29-8-6-16-9-17(10-20(21(16)14-29)22-5-4-7-26-22)18-11-19-15(2)12-27-23(19)28-13-18/h9-13,22,26H,3-8,14H2,1-2H3,(H,25,30)(H,27,28)/t22-/m0/s1. The maximum atomic E-state index is 12.4. The van der Waals surface area contributed by atoms with Gasteiger partial charge in [0.1, 0.15) is 5.65 Å². The summed E-state index contributed by atoms with van der Waals surface area (Å²) in [6.45, 7) is 7.23. The fraction of sp³-hybridized carbons (Fsp3) is 0.417. The number of hydrogen-bond acceptors (Lipinski definition) is 3. The van der Waals surface area contributed by atoms with Gasteiger partial charge in [-0.25, -0.2) is 9.78 Å². The normalized spacial score (nSPS) is 18.6. The molecule has 2 aliphatic heterocycles. The van der Waals surface area contributed by atoms with Gasteiger partial charge >= 0.3 is 6.03 Å². The van der Waals surface area contributed by atoms with E-state index in [4.69, 9.17) is 0 Å². The SMILES string of the molecule is CCNC(=O)N1CCc2cc(-c3cnc4[nH]cc(C)c4c3)cc([C@@H]3CCCN3)c2C1. The summed E-state index contributed by atoms with van der Waals surface area (Å²) in [5, 5.41) is 7.79. The van der Waals surface area contributed by atoms with Gasteiger partial charge < -0.3 is 20.5 Å². The molecule has 1 saturated heterocycles. The number of aromatic nitrogens is 2. The van der Waals surface area contributed by atoms with E-state index in [9.17, 15) is 4.79 Å². The largest absolute Gasteiger partial charge is 0.346 e. The predicted octanol–water partition coefficient (Wildman–Crippen LogP) is 4.05. The number of amides is 2. The molecule has 2 aliphatic rings. The smallest absolute Gasteiger partial charge is 0.317 e. The van der Waals surface area contributed by atoms with Crippen LogP contribution in [0.2, 0.25) is 0 Å². The van der Waals surface area contributed by atoms with Crippen LogP contribution < -0.4 is 10.6 Å². The molecular formula is C24H29N5O. The summed E-state index contributed by atoms with van der Waals surface area (Å²) in [6.07, 6.45) is 7.21. The van der Waals surface area contributed by atoms with E-state index >= 15 is 0 Å². The molecular weight excluding hydrogens is 374 g/mol. The molecule has 4 heterocycles. The van der Waals surface area contributed by atoms with Crippen molar-refractivity contribution in [2.24, 2.45) is 0 Å². The number of nitrogens with one attached hydrogen (secondary N) is 3. The first-order valence-corrected chi connectivity index (χ1v) is 11.0. The Bertz CT molecular complexity index is 1100. The average Bonchev–Trinajstić information content (AvgIpc) is 3.43. The van der Waals surface area contributed by atoms with Gasteiger partial charge in [-0.05, 0) is 79.6 Å². The molecule has 0 radical (unpaired) electrons. The van der Waals surface area contributed by atoms with Crippen LogP contribution in [0, 0.1) is 6.92 Å². The summed E-state index contributed by atoms with van der Waals surface area (Å²) in [5.74, 6) is 0. The van der Waals surface area contributed by atoms with Crippen LogP contribution in [0.5, 0.6) is 0 Å². The molecule has 156 valence electrons. The molecule has 2 amide bonds. The number of pyridine rings is 1. The van der Waals surface area contributed by atoms with Gasteiger partial charge in [0.25, 0.3) is 0 Å². The monoisotopic (exact) mass is 403 g/mol. The number of aromatic amines is 1. The molecule has 0 bridgehead atoms.